The van der Waals surface area contributed by atoms with Gasteiger partial charge in [0.05, 0.1) is 12.6 Å². The molecule has 1 aliphatic carbocycles. The first-order valence-corrected chi connectivity index (χ1v) is 6.61. The normalized spacial score (nSPS) is 24.4. The second-order valence-electron chi connectivity index (χ2n) is 5.24. The summed E-state index contributed by atoms with van der Waals surface area (Å²) < 4.78 is 0. The molecule has 2 rings (SSSR count). The lowest BCUT2D eigenvalue weighted by Gasteiger charge is -2.32. The van der Waals surface area contributed by atoms with Gasteiger partial charge in [0.15, 0.2) is 0 Å². The third-order valence-corrected chi connectivity index (χ3v) is 3.58. The number of piperidine rings is 1. The van der Waals surface area contributed by atoms with Crippen LogP contribution in [0.2, 0.25) is 0 Å². The highest BCUT2D eigenvalue weighted by atomic mass is 16.3. The maximum atomic E-state index is 11.6. The number of carbonyl (C=O) groups excluding carboxylic acids is 1. The molecule has 1 atom stereocenters. The molecule has 0 aromatic carbocycles. The molecule has 0 bridgehead atoms. The minimum Gasteiger partial charge on any atom is -0.394 e. The van der Waals surface area contributed by atoms with Gasteiger partial charge in [-0.25, -0.2) is 4.79 Å². The number of nitrogens with zero attached hydrogens (tertiary/aromatic N) is 1. The van der Waals surface area contributed by atoms with E-state index >= 15 is 0 Å². The molecule has 3 N–H and O–H groups in total. The van der Waals surface area contributed by atoms with Gasteiger partial charge in [0.1, 0.15) is 0 Å². The fourth-order valence-corrected chi connectivity index (χ4v) is 2.35. The zero-order chi connectivity index (χ0) is 12.3. The number of amides is 2. The van der Waals surface area contributed by atoms with Crippen LogP contribution in [-0.2, 0) is 0 Å². The molecule has 0 spiro atoms. The summed E-state index contributed by atoms with van der Waals surface area (Å²) in [6.07, 6.45) is 4.79. The Kier molecular flexibility index (Phi) is 4.23. The molecule has 1 heterocycles. The molecule has 2 fully saturated rings. The molecule has 98 valence electrons. The summed E-state index contributed by atoms with van der Waals surface area (Å²) >= 11 is 0. The van der Waals surface area contributed by atoms with Crippen LogP contribution in [0.15, 0.2) is 0 Å². The Bertz CT molecular complexity index is 260. The van der Waals surface area contributed by atoms with E-state index in [4.69, 9.17) is 5.11 Å². The second kappa shape index (κ2) is 5.69. The van der Waals surface area contributed by atoms with Crippen molar-refractivity contribution in [1.82, 2.24) is 15.5 Å². The largest absolute Gasteiger partial charge is 0.394 e. The Hall–Kier alpha value is -0.810. The maximum Gasteiger partial charge on any atom is 0.315 e. The van der Waals surface area contributed by atoms with Gasteiger partial charge in [-0.3, -0.25) is 0 Å². The van der Waals surface area contributed by atoms with Crippen LogP contribution in [0.25, 0.3) is 0 Å². The Morgan fingerprint density at radius 1 is 1.35 bits per heavy atom. The van der Waals surface area contributed by atoms with Crippen LogP contribution >= 0.6 is 0 Å². The second-order valence-corrected chi connectivity index (χ2v) is 5.24. The minimum absolute atomic E-state index is 0.0203. The number of rotatable bonds is 4. The van der Waals surface area contributed by atoms with Crippen LogP contribution in [0, 0.1) is 0 Å². The minimum atomic E-state index is -0.179. The van der Waals surface area contributed by atoms with Crippen molar-refractivity contribution < 1.29 is 9.90 Å². The van der Waals surface area contributed by atoms with Gasteiger partial charge in [-0.15, -0.1) is 0 Å². The van der Waals surface area contributed by atoms with Crippen molar-refractivity contribution in [3.05, 3.63) is 0 Å². The monoisotopic (exact) mass is 241 g/mol. The molecular weight excluding hydrogens is 218 g/mol. The molecule has 0 aromatic rings. The van der Waals surface area contributed by atoms with Crippen molar-refractivity contribution in [1.29, 1.82) is 0 Å². The highest BCUT2D eigenvalue weighted by molar-refractivity contribution is 5.74. The van der Waals surface area contributed by atoms with E-state index in [2.05, 4.69) is 15.5 Å². The summed E-state index contributed by atoms with van der Waals surface area (Å²) in [5.74, 6) is 0. The first-order chi connectivity index (χ1) is 8.19. The topological polar surface area (TPSA) is 64.6 Å². The van der Waals surface area contributed by atoms with Gasteiger partial charge in [-0.1, -0.05) is 0 Å². The molecule has 17 heavy (non-hydrogen) atoms. The summed E-state index contributed by atoms with van der Waals surface area (Å²) in [5, 5.41) is 14.5. The van der Waals surface area contributed by atoms with E-state index in [1.807, 2.05) is 0 Å². The van der Waals surface area contributed by atoms with Crippen LogP contribution in [-0.4, -0.2) is 53.9 Å². The lowest BCUT2D eigenvalue weighted by Crippen LogP contribution is -2.50. The molecule has 1 unspecified atom stereocenters. The smallest absolute Gasteiger partial charge is 0.315 e. The molecule has 0 radical (unpaired) electrons. The van der Waals surface area contributed by atoms with Crippen LogP contribution in [0.4, 0.5) is 4.79 Å². The Morgan fingerprint density at radius 3 is 2.53 bits per heavy atom. The molecule has 1 saturated heterocycles. The number of aliphatic hydroxyl groups is 1. The standard InChI is InChI=1S/C12H23N3O2/c1-9(8-16)13-12(17)14-10-4-6-15(7-5-10)11-2-3-11/h9-11,16H,2-8H2,1H3,(H2,13,14,17). The van der Waals surface area contributed by atoms with E-state index in [1.165, 1.54) is 12.8 Å². The van der Waals surface area contributed by atoms with Gasteiger partial charge >= 0.3 is 6.03 Å². The summed E-state index contributed by atoms with van der Waals surface area (Å²) in [6.45, 7) is 3.97. The highest BCUT2D eigenvalue weighted by Gasteiger charge is 2.32. The third kappa shape index (κ3) is 3.85. The molecule has 2 aliphatic rings. The fraction of sp³-hybridized carbons (Fsp3) is 0.917. The number of likely N-dealkylation sites (tertiary alicyclic amines) is 1. The average Bonchev–Trinajstić information content (AvgIpc) is 3.13. The maximum absolute atomic E-state index is 11.6. The molecule has 5 nitrogen and oxygen atoms in total. The summed E-state index contributed by atoms with van der Waals surface area (Å²) in [5.41, 5.74) is 0. The predicted molar refractivity (Wildman–Crippen MR) is 65.8 cm³/mol. The van der Waals surface area contributed by atoms with Crippen molar-refractivity contribution in [2.24, 2.45) is 0 Å². The van der Waals surface area contributed by atoms with Gasteiger partial charge in [-0.2, -0.15) is 0 Å². The van der Waals surface area contributed by atoms with Crippen molar-refractivity contribution in [2.75, 3.05) is 19.7 Å². The number of carbonyl (C=O) groups is 1. The molecule has 1 aliphatic heterocycles. The number of urea groups is 1. The van der Waals surface area contributed by atoms with Gasteiger partial charge < -0.3 is 20.6 Å². The molecule has 0 aromatic heterocycles. The van der Waals surface area contributed by atoms with Gasteiger partial charge in [0.25, 0.3) is 0 Å². The lowest BCUT2D eigenvalue weighted by molar-refractivity contribution is 0.182. The number of nitrogens with one attached hydrogen (secondary N) is 2. The number of hydrogen-bond donors (Lipinski definition) is 3. The van der Waals surface area contributed by atoms with E-state index in [1.54, 1.807) is 6.92 Å². The van der Waals surface area contributed by atoms with E-state index in [9.17, 15) is 4.79 Å². The van der Waals surface area contributed by atoms with Crippen LogP contribution in [0.3, 0.4) is 0 Å². The van der Waals surface area contributed by atoms with Crippen molar-refractivity contribution >= 4 is 6.03 Å². The van der Waals surface area contributed by atoms with Crippen LogP contribution in [0.1, 0.15) is 32.6 Å². The molecular formula is C12H23N3O2. The first-order valence-electron chi connectivity index (χ1n) is 6.61. The number of aliphatic hydroxyl groups excluding tert-OH is 1. The van der Waals surface area contributed by atoms with Crippen molar-refractivity contribution in [3.8, 4) is 0 Å². The van der Waals surface area contributed by atoms with Gasteiger partial charge in [-0.05, 0) is 32.6 Å². The van der Waals surface area contributed by atoms with Crippen LogP contribution in [0.5, 0.6) is 0 Å². The first kappa shape index (κ1) is 12.6. The van der Waals surface area contributed by atoms with Crippen LogP contribution < -0.4 is 10.6 Å². The summed E-state index contributed by atoms with van der Waals surface area (Å²) in [6, 6.07) is 0.785. The van der Waals surface area contributed by atoms with Gasteiger partial charge in [0.2, 0.25) is 0 Å². The quantitative estimate of drug-likeness (QED) is 0.663. The highest BCUT2D eigenvalue weighted by Crippen LogP contribution is 2.29. The SMILES string of the molecule is CC(CO)NC(=O)NC1CCN(C2CC2)CC1. The predicted octanol–water partition coefficient (Wildman–Crippen LogP) is 0.293. The van der Waals surface area contributed by atoms with E-state index in [0.717, 1.165) is 32.0 Å². The molecule has 5 heteroatoms. The Labute approximate surface area is 103 Å². The van der Waals surface area contributed by atoms with E-state index < -0.39 is 0 Å². The van der Waals surface area contributed by atoms with E-state index in [0.29, 0.717) is 0 Å². The molecule has 2 amide bonds. The third-order valence-electron chi connectivity index (χ3n) is 3.58. The number of hydrogen-bond acceptors (Lipinski definition) is 3. The lowest BCUT2D eigenvalue weighted by atomic mass is 10.1. The van der Waals surface area contributed by atoms with E-state index in [-0.39, 0.29) is 24.7 Å². The van der Waals surface area contributed by atoms with Gasteiger partial charge in [0, 0.05) is 25.2 Å². The zero-order valence-electron chi connectivity index (χ0n) is 10.5. The summed E-state index contributed by atoms with van der Waals surface area (Å²) in [4.78, 5) is 14.1. The Balaban J connectivity index is 1.64. The fourth-order valence-electron chi connectivity index (χ4n) is 2.35. The summed E-state index contributed by atoms with van der Waals surface area (Å²) in [7, 11) is 0. The van der Waals surface area contributed by atoms with Crippen molar-refractivity contribution in [3.63, 3.8) is 0 Å². The Morgan fingerprint density at radius 2 is 2.00 bits per heavy atom. The average molecular weight is 241 g/mol. The van der Waals surface area contributed by atoms with Crippen molar-refractivity contribution in [2.45, 2.75) is 50.7 Å². The zero-order valence-corrected chi connectivity index (χ0v) is 10.5. The molecule has 1 saturated carbocycles.